The number of aromatic amines is 1. The molecule has 0 atom stereocenters. The number of aromatic nitrogens is 1. The van der Waals surface area contributed by atoms with Crippen LogP contribution in [0.2, 0.25) is 0 Å². The van der Waals surface area contributed by atoms with Gasteiger partial charge in [-0.2, -0.15) is 13.2 Å². The molecule has 0 aliphatic heterocycles. The maximum atomic E-state index is 13.2. The Bertz CT molecular complexity index is 600. The molecular formula is C10H5F4NO. The number of H-pyrrole nitrogens is 1. The fourth-order valence-electron chi connectivity index (χ4n) is 1.49. The first-order chi connectivity index (χ1) is 7.41. The van der Waals surface area contributed by atoms with Gasteiger partial charge in [-0.1, -0.05) is 0 Å². The van der Waals surface area contributed by atoms with Crippen molar-refractivity contribution in [2.75, 3.05) is 0 Å². The van der Waals surface area contributed by atoms with Gasteiger partial charge in [0.05, 0.1) is 16.5 Å². The molecule has 84 valence electrons. The highest BCUT2D eigenvalue weighted by atomic mass is 19.4. The zero-order chi connectivity index (χ0) is 11.9. The lowest BCUT2D eigenvalue weighted by Gasteiger charge is -2.09. The Hall–Kier alpha value is -1.85. The molecule has 1 N–H and O–H groups in total. The second-order valence-corrected chi connectivity index (χ2v) is 3.18. The lowest BCUT2D eigenvalue weighted by molar-refractivity contribution is -0.136. The zero-order valence-corrected chi connectivity index (χ0v) is 7.73. The van der Waals surface area contributed by atoms with E-state index in [1.54, 1.807) is 0 Å². The Balaban J connectivity index is 2.99. The number of halogens is 4. The van der Waals surface area contributed by atoms with Crippen LogP contribution in [0.5, 0.6) is 0 Å². The second-order valence-electron chi connectivity index (χ2n) is 3.18. The highest BCUT2D eigenvalue weighted by molar-refractivity contribution is 5.82. The number of rotatable bonds is 0. The van der Waals surface area contributed by atoms with E-state index in [-0.39, 0.29) is 0 Å². The van der Waals surface area contributed by atoms with Crippen molar-refractivity contribution in [3.8, 4) is 0 Å². The summed E-state index contributed by atoms with van der Waals surface area (Å²) in [6.45, 7) is 0. The maximum Gasteiger partial charge on any atom is 0.417 e. The van der Waals surface area contributed by atoms with Crippen LogP contribution in [0.4, 0.5) is 17.6 Å². The van der Waals surface area contributed by atoms with Gasteiger partial charge in [-0.15, -0.1) is 0 Å². The smallest absolute Gasteiger partial charge is 0.359 e. The summed E-state index contributed by atoms with van der Waals surface area (Å²) >= 11 is 0. The molecule has 0 bridgehead atoms. The minimum Gasteiger partial charge on any atom is -0.359 e. The molecule has 0 fully saturated rings. The lowest BCUT2D eigenvalue weighted by Crippen LogP contribution is -2.12. The van der Waals surface area contributed by atoms with Crippen molar-refractivity contribution in [2.45, 2.75) is 6.18 Å². The highest BCUT2D eigenvalue weighted by Gasteiger charge is 2.34. The number of hydrogen-bond acceptors (Lipinski definition) is 1. The van der Waals surface area contributed by atoms with Crippen LogP contribution in [0.3, 0.4) is 0 Å². The van der Waals surface area contributed by atoms with Gasteiger partial charge in [0.25, 0.3) is 0 Å². The zero-order valence-electron chi connectivity index (χ0n) is 7.73. The summed E-state index contributed by atoms with van der Waals surface area (Å²) in [5.41, 5.74) is -2.42. The van der Waals surface area contributed by atoms with Crippen LogP contribution in [0.25, 0.3) is 10.9 Å². The third-order valence-electron chi connectivity index (χ3n) is 2.17. The van der Waals surface area contributed by atoms with Crippen LogP contribution in [0.15, 0.2) is 29.2 Å². The molecule has 6 heteroatoms. The van der Waals surface area contributed by atoms with Gasteiger partial charge in [-0.3, -0.25) is 4.79 Å². The van der Waals surface area contributed by atoms with Gasteiger partial charge >= 0.3 is 6.18 Å². The molecule has 1 aromatic carbocycles. The molecule has 0 radical (unpaired) electrons. The molecule has 0 unspecified atom stereocenters. The fraction of sp³-hybridized carbons (Fsp3) is 0.100. The first kappa shape index (κ1) is 10.7. The summed E-state index contributed by atoms with van der Waals surface area (Å²) in [6.07, 6.45) is -3.58. The average molecular weight is 231 g/mol. The van der Waals surface area contributed by atoms with Crippen LogP contribution < -0.4 is 5.43 Å². The molecule has 0 saturated carbocycles. The van der Waals surface area contributed by atoms with E-state index in [0.29, 0.717) is 12.1 Å². The summed E-state index contributed by atoms with van der Waals surface area (Å²) < 4.78 is 50.9. The van der Waals surface area contributed by atoms with E-state index in [2.05, 4.69) is 4.98 Å². The van der Waals surface area contributed by atoms with Crippen LogP contribution in [-0.2, 0) is 6.18 Å². The van der Waals surface area contributed by atoms with Crippen LogP contribution >= 0.6 is 0 Å². The molecular weight excluding hydrogens is 226 g/mol. The largest absolute Gasteiger partial charge is 0.417 e. The molecule has 0 spiro atoms. The normalized spacial score (nSPS) is 12.0. The second kappa shape index (κ2) is 3.33. The van der Waals surface area contributed by atoms with Crippen molar-refractivity contribution in [1.82, 2.24) is 4.98 Å². The van der Waals surface area contributed by atoms with E-state index in [1.165, 1.54) is 0 Å². The molecule has 0 aliphatic carbocycles. The van der Waals surface area contributed by atoms with Crippen molar-refractivity contribution in [3.63, 3.8) is 0 Å². The lowest BCUT2D eigenvalue weighted by atomic mass is 10.1. The summed E-state index contributed by atoms with van der Waals surface area (Å²) in [5, 5.41) is -0.671. The molecule has 2 aromatic rings. The third kappa shape index (κ3) is 1.56. The van der Waals surface area contributed by atoms with Gasteiger partial charge in [0.2, 0.25) is 0 Å². The molecule has 0 saturated heterocycles. The van der Waals surface area contributed by atoms with Crippen molar-refractivity contribution in [2.24, 2.45) is 0 Å². The standard InChI is InChI=1S/C10H5F4NO/c11-6-2-1-5(10(12,13)14)8-7(16)3-4-15-9(6)8/h1-4H,(H,15,16). The average Bonchev–Trinajstić information content (AvgIpc) is 2.18. The van der Waals surface area contributed by atoms with Gasteiger partial charge in [0.15, 0.2) is 5.43 Å². The van der Waals surface area contributed by atoms with E-state index in [9.17, 15) is 22.4 Å². The van der Waals surface area contributed by atoms with E-state index in [0.717, 1.165) is 12.3 Å². The molecule has 2 nitrogen and oxygen atoms in total. The minimum absolute atomic E-state index is 0.428. The molecule has 0 amide bonds. The molecule has 16 heavy (non-hydrogen) atoms. The highest BCUT2D eigenvalue weighted by Crippen LogP contribution is 2.33. The Morgan fingerprint density at radius 3 is 2.44 bits per heavy atom. The van der Waals surface area contributed by atoms with Crippen LogP contribution in [0.1, 0.15) is 5.56 Å². The SMILES string of the molecule is O=c1cc[nH]c2c(F)ccc(C(F)(F)F)c12. The summed E-state index contributed by atoms with van der Waals surface area (Å²) in [4.78, 5) is 13.6. The number of hydrogen-bond donors (Lipinski definition) is 1. The number of alkyl halides is 3. The Kier molecular flexibility index (Phi) is 2.22. The fourth-order valence-corrected chi connectivity index (χ4v) is 1.49. The van der Waals surface area contributed by atoms with E-state index in [1.807, 2.05) is 0 Å². The minimum atomic E-state index is -4.68. The van der Waals surface area contributed by atoms with Crippen molar-refractivity contribution >= 4 is 10.9 Å². The van der Waals surface area contributed by atoms with E-state index in [4.69, 9.17) is 0 Å². The molecule has 0 aliphatic rings. The van der Waals surface area contributed by atoms with E-state index >= 15 is 0 Å². The summed E-state index contributed by atoms with van der Waals surface area (Å²) in [5.74, 6) is -0.888. The molecule has 2 rings (SSSR count). The van der Waals surface area contributed by atoms with Crippen molar-refractivity contribution in [3.05, 3.63) is 46.0 Å². The van der Waals surface area contributed by atoms with E-state index < -0.39 is 33.9 Å². The van der Waals surface area contributed by atoms with Gasteiger partial charge in [-0.25, -0.2) is 4.39 Å². The van der Waals surface area contributed by atoms with Gasteiger partial charge < -0.3 is 4.98 Å². The first-order valence-corrected chi connectivity index (χ1v) is 4.28. The number of fused-ring (bicyclic) bond motifs is 1. The summed E-state index contributed by atoms with van der Waals surface area (Å²) in [7, 11) is 0. The predicted molar refractivity (Wildman–Crippen MR) is 49.5 cm³/mol. The van der Waals surface area contributed by atoms with Crippen LogP contribution in [0, 0.1) is 5.82 Å². The van der Waals surface area contributed by atoms with Gasteiger partial charge in [-0.05, 0) is 12.1 Å². The van der Waals surface area contributed by atoms with Crippen LogP contribution in [-0.4, -0.2) is 4.98 Å². The summed E-state index contributed by atoms with van der Waals surface area (Å²) in [6, 6.07) is 2.17. The predicted octanol–water partition coefficient (Wildman–Crippen LogP) is 2.69. The first-order valence-electron chi connectivity index (χ1n) is 4.28. The number of nitrogens with one attached hydrogen (secondary N) is 1. The quantitative estimate of drug-likeness (QED) is 0.694. The van der Waals surface area contributed by atoms with Gasteiger partial charge in [0.1, 0.15) is 5.82 Å². The Morgan fingerprint density at radius 2 is 1.81 bits per heavy atom. The topological polar surface area (TPSA) is 32.9 Å². The number of pyridine rings is 1. The monoisotopic (exact) mass is 231 g/mol. The Labute approximate surface area is 86.5 Å². The van der Waals surface area contributed by atoms with Crippen molar-refractivity contribution < 1.29 is 17.6 Å². The maximum absolute atomic E-state index is 13.2. The third-order valence-corrected chi connectivity index (χ3v) is 2.17. The van der Waals surface area contributed by atoms with Crippen molar-refractivity contribution in [1.29, 1.82) is 0 Å². The van der Waals surface area contributed by atoms with Gasteiger partial charge in [0, 0.05) is 12.3 Å². The Morgan fingerprint density at radius 1 is 1.12 bits per heavy atom. The molecule has 1 heterocycles. The molecule has 1 aromatic heterocycles. The number of benzene rings is 1.